The number of benzene rings is 1. The molecule has 0 atom stereocenters. The lowest BCUT2D eigenvalue weighted by molar-refractivity contribution is 0.465. The first-order valence-corrected chi connectivity index (χ1v) is 8.12. The van der Waals surface area contributed by atoms with Gasteiger partial charge in [-0.05, 0) is 35.7 Å². The van der Waals surface area contributed by atoms with Crippen LogP contribution in [-0.2, 0) is 23.0 Å². The maximum atomic E-state index is 12.7. The van der Waals surface area contributed by atoms with Crippen LogP contribution in [0.15, 0.2) is 47.6 Å². The predicted octanol–water partition coefficient (Wildman–Crippen LogP) is 2.05. The number of hydrogen-bond acceptors (Lipinski definition) is 4. The molecule has 2 rings (SSSR count). The summed E-state index contributed by atoms with van der Waals surface area (Å²) >= 11 is 0. The largest absolute Gasteiger partial charge is 0.399 e. The van der Waals surface area contributed by atoms with E-state index in [9.17, 15) is 8.42 Å². The van der Waals surface area contributed by atoms with Crippen molar-refractivity contribution >= 4 is 15.7 Å². The van der Waals surface area contributed by atoms with E-state index in [1.54, 1.807) is 37.6 Å². The zero-order valence-corrected chi connectivity index (χ0v) is 13.0. The second-order valence-electron chi connectivity index (χ2n) is 4.84. The fourth-order valence-electron chi connectivity index (χ4n) is 2.10. The highest BCUT2D eigenvalue weighted by Crippen LogP contribution is 2.23. The fourth-order valence-corrected chi connectivity index (χ4v) is 3.59. The Balaban J connectivity index is 2.35. The molecule has 0 saturated carbocycles. The van der Waals surface area contributed by atoms with E-state index in [4.69, 9.17) is 5.73 Å². The van der Waals surface area contributed by atoms with Gasteiger partial charge in [0.05, 0.1) is 4.90 Å². The van der Waals surface area contributed by atoms with Crippen LogP contribution in [-0.4, -0.2) is 24.8 Å². The van der Waals surface area contributed by atoms with Crippen LogP contribution in [0.4, 0.5) is 5.69 Å². The molecule has 6 heteroatoms. The third-order valence-corrected chi connectivity index (χ3v) is 5.17. The number of hydrogen-bond donors (Lipinski definition) is 1. The molecule has 0 unspecified atom stereocenters. The molecule has 0 spiro atoms. The molecule has 5 nitrogen and oxygen atoms in total. The maximum absolute atomic E-state index is 12.7. The number of sulfonamides is 1. The average Bonchev–Trinajstić information content (AvgIpc) is 2.48. The van der Waals surface area contributed by atoms with Gasteiger partial charge in [0.25, 0.3) is 0 Å². The van der Waals surface area contributed by atoms with E-state index in [-0.39, 0.29) is 11.4 Å². The first-order chi connectivity index (χ1) is 9.95. The zero-order valence-electron chi connectivity index (χ0n) is 12.2. The Morgan fingerprint density at radius 1 is 1.29 bits per heavy atom. The van der Waals surface area contributed by atoms with E-state index < -0.39 is 10.0 Å². The molecule has 21 heavy (non-hydrogen) atoms. The molecule has 112 valence electrons. The smallest absolute Gasteiger partial charge is 0.243 e. The summed E-state index contributed by atoms with van der Waals surface area (Å²) in [6, 6.07) is 8.64. The van der Waals surface area contributed by atoms with Crippen molar-refractivity contribution in [2.45, 2.75) is 24.8 Å². The van der Waals surface area contributed by atoms with Crippen molar-refractivity contribution in [3.05, 3.63) is 53.9 Å². The van der Waals surface area contributed by atoms with Gasteiger partial charge in [-0.1, -0.05) is 19.1 Å². The third kappa shape index (κ3) is 3.40. The van der Waals surface area contributed by atoms with Crippen molar-refractivity contribution < 1.29 is 8.42 Å². The van der Waals surface area contributed by atoms with Crippen LogP contribution in [0.5, 0.6) is 0 Å². The van der Waals surface area contributed by atoms with E-state index in [2.05, 4.69) is 4.98 Å². The average molecular weight is 305 g/mol. The number of anilines is 1. The van der Waals surface area contributed by atoms with Gasteiger partial charge in [0, 0.05) is 31.7 Å². The number of rotatable bonds is 5. The first-order valence-electron chi connectivity index (χ1n) is 6.68. The first kappa shape index (κ1) is 15.5. The molecule has 2 aromatic rings. The summed E-state index contributed by atoms with van der Waals surface area (Å²) in [5.41, 5.74) is 7.79. The minimum Gasteiger partial charge on any atom is -0.399 e. The van der Waals surface area contributed by atoms with Crippen LogP contribution in [0.25, 0.3) is 0 Å². The van der Waals surface area contributed by atoms with E-state index >= 15 is 0 Å². The number of aryl methyl sites for hydroxylation is 1. The van der Waals surface area contributed by atoms with Gasteiger partial charge in [-0.2, -0.15) is 4.31 Å². The Morgan fingerprint density at radius 2 is 2.05 bits per heavy atom. The molecule has 0 aliphatic heterocycles. The summed E-state index contributed by atoms with van der Waals surface area (Å²) in [5, 5.41) is 0. The van der Waals surface area contributed by atoms with Crippen molar-refractivity contribution in [3.8, 4) is 0 Å². The Morgan fingerprint density at radius 3 is 2.67 bits per heavy atom. The molecule has 2 N–H and O–H groups in total. The van der Waals surface area contributed by atoms with Gasteiger partial charge in [0.1, 0.15) is 0 Å². The standard InChI is InChI=1S/C15H19N3O2S/c1-3-13-6-7-14(16)9-15(13)21(19,20)18(2)11-12-5-4-8-17-10-12/h4-10H,3,11,16H2,1-2H3. The van der Waals surface area contributed by atoms with E-state index in [1.807, 2.05) is 13.0 Å². The summed E-state index contributed by atoms with van der Waals surface area (Å²) in [4.78, 5) is 4.27. The molecule has 0 aliphatic carbocycles. The third-order valence-electron chi connectivity index (χ3n) is 3.29. The molecule has 0 radical (unpaired) electrons. The van der Waals surface area contributed by atoms with Crippen LogP contribution >= 0.6 is 0 Å². The molecule has 0 fully saturated rings. The minimum atomic E-state index is -3.58. The second-order valence-corrected chi connectivity index (χ2v) is 6.86. The molecular formula is C15H19N3O2S. The summed E-state index contributed by atoms with van der Waals surface area (Å²) < 4.78 is 26.8. The normalized spacial score (nSPS) is 11.8. The van der Waals surface area contributed by atoms with Gasteiger partial charge in [-0.25, -0.2) is 8.42 Å². The van der Waals surface area contributed by atoms with Crippen LogP contribution in [0, 0.1) is 0 Å². The van der Waals surface area contributed by atoms with Gasteiger partial charge in [0.15, 0.2) is 0 Å². The number of nitrogens with two attached hydrogens (primary N) is 1. The Hall–Kier alpha value is -1.92. The lowest BCUT2D eigenvalue weighted by atomic mass is 10.1. The van der Waals surface area contributed by atoms with Gasteiger partial charge in [-0.15, -0.1) is 0 Å². The van der Waals surface area contributed by atoms with Crippen molar-refractivity contribution in [1.82, 2.24) is 9.29 Å². The highest BCUT2D eigenvalue weighted by atomic mass is 32.2. The second kappa shape index (κ2) is 6.24. The highest BCUT2D eigenvalue weighted by Gasteiger charge is 2.23. The van der Waals surface area contributed by atoms with Gasteiger partial charge < -0.3 is 5.73 Å². The SMILES string of the molecule is CCc1ccc(N)cc1S(=O)(=O)N(C)Cc1cccnc1. The van der Waals surface area contributed by atoms with Crippen LogP contribution < -0.4 is 5.73 Å². The van der Waals surface area contributed by atoms with Crippen molar-refractivity contribution in [2.75, 3.05) is 12.8 Å². The summed E-state index contributed by atoms with van der Waals surface area (Å²) in [6.45, 7) is 2.19. The monoisotopic (exact) mass is 305 g/mol. The maximum Gasteiger partial charge on any atom is 0.243 e. The lowest BCUT2D eigenvalue weighted by Crippen LogP contribution is -2.27. The Kier molecular flexibility index (Phi) is 4.59. The Bertz CT molecular complexity index is 715. The molecule has 1 aromatic carbocycles. The topological polar surface area (TPSA) is 76.3 Å². The van der Waals surface area contributed by atoms with Crippen molar-refractivity contribution in [3.63, 3.8) is 0 Å². The number of nitrogens with zero attached hydrogens (tertiary/aromatic N) is 2. The van der Waals surface area contributed by atoms with Crippen LogP contribution in [0.1, 0.15) is 18.1 Å². The molecular weight excluding hydrogens is 286 g/mol. The summed E-state index contributed by atoms with van der Waals surface area (Å²) in [7, 11) is -2.02. The molecule has 0 aliphatic rings. The van der Waals surface area contributed by atoms with Gasteiger partial charge >= 0.3 is 0 Å². The minimum absolute atomic E-state index is 0.272. The van der Waals surface area contributed by atoms with E-state index in [0.717, 1.165) is 11.1 Å². The van der Waals surface area contributed by atoms with Crippen LogP contribution in [0.3, 0.4) is 0 Å². The number of aromatic nitrogens is 1. The molecule has 1 aromatic heterocycles. The lowest BCUT2D eigenvalue weighted by Gasteiger charge is -2.19. The van der Waals surface area contributed by atoms with Gasteiger partial charge in [0.2, 0.25) is 10.0 Å². The van der Waals surface area contributed by atoms with Gasteiger partial charge in [-0.3, -0.25) is 4.98 Å². The Labute approximate surface area is 125 Å². The predicted molar refractivity (Wildman–Crippen MR) is 83.1 cm³/mol. The van der Waals surface area contributed by atoms with E-state index in [1.165, 1.54) is 10.4 Å². The fraction of sp³-hybridized carbons (Fsp3) is 0.267. The zero-order chi connectivity index (χ0) is 15.5. The summed E-state index contributed by atoms with van der Waals surface area (Å²) in [5.74, 6) is 0. The molecule has 1 heterocycles. The molecule has 0 bridgehead atoms. The quantitative estimate of drug-likeness (QED) is 0.858. The van der Waals surface area contributed by atoms with Crippen molar-refractivity contribution in [2.24, 2.45) is 0 Å². The summed E-state index contributed by atoms with van der Waals surface area (Å²) in [6.07, 6.45) is 3.95. The number of pyridine rings is 1. The van der Waals surface area contributed by atoms with Crippen molar-refractivity contribution in [1.29, 1.82) is 0 Å². The number of nitrogen functional groups attached to an aromatic ring is 1. The van der Waals surface area contributed by atoms with Crippen LogP contribution in [0.2, 0.25) is 0 Å². The molecule has 0 saturated heterocycles. The molecule has 0 amide bonds. The highest BCUT2D eigenvalue weighted by molar-refractivity contribution is 7.89. The van der Waals surface area contributed by atoms with E-state index in [0.29, 0.717) is 12.1 Å².